The first-order valence-electron chi connectivity index (χ1n) is 5.88. The topological polar surface area (TPSA) is 20.7 Å². The Morgan fingerprint density at radius 3 is 2.50 bits per heavy atom. The number of benzene rings is 1. The maximum absolute atomic E-state index is 5.40. The van der Waals surface area contributed by atoms with Gasteiger partial charge in [-0.15, -0.1) is 0 Å². The Morgan fingerprint density at radius 1 is 1.28 bits per heavy atom. The highest BCUT2D eigenvalue weighted by Crippen LogP contribution is 2.26. The summed E-state index contributed by atoms with van der Waals surface area (Å²) < 4.78 is 4.13. The summed E-state index contributed by atoms with van der Waals surface area (Å²) in [5, 5.41) is 0. The third kappa shape index (κ3) is 2.54. The van der Waals surface area contributed by atoms with Crippen LogP contribution in [0.4, 0.5) is 0 Å². The lowest BCUT2D eigenvalue weighted by Crippen LogP contribution is -2.16. The smallest absolute Gasteiger partial charge is 0.182 e. The number of H-pyrrole nitrogens is 1. The molecule has 96 valence electrons. The van der Waals surface area contributed by atoms with Crippen molar-refractivity contribution in [1.29, 1.82) is 0 Å². The molecule has 0 aliphatic rings. The van der Waals surface area contributed by atoms with Crippen LogP contribution in [-0.2, 0) is 5.41 Å². The molecule has 0 bridgehead atoms. The van der Waals surface area contributed by atoms with Crippen molar-refractivity contribution in [1.82, 2.24) is 9.55 Å². The van der Waals surface area contributed by atoms with Gasteiger partial charge in [0, 0.05) is 26.6 Å². The summed E-state index contributed by atoms with van der Waals surface area (Å²) in [7, 11) is 0. The van der Waals surface area contributed by atoms with Crippen molar-refractivity contribution in [3.63, 3.8) is 0 Å². The number of nitrogens with one attached hydrogen (secondary N) is 1. The van der Waals surface area contributed by atoms with Crippen LogP contribution in [0.3, 0.4) is 0 Å². The maximum Gasteiger partial charge on any atom is 0.182 e. The fourth-order valence-electron chi connectivity index (χ4n) is 1.90. The fraction of sp³-hybridized carbons (Fsp3) is 0.357. The van der Waals surface area contributed by atoms with Gasteiger partial charge in [0.05, 0.1) is 0 Å². The molecule has 0 spiro atoms. The monoisotopic (exact) mass is 372 g/mol. The second-order valence-corrected chi connectivity index (χ2v) is 7.05. The SMILES string of the molecule is Cc1ccc(-n2c(C(C)(C)C)c[nH]c2=S)cc1I. The van der Waals surface area contributed by atoms with Crippen molar-refractivity contribution in [2.75, 3.05) is 0 Å². The van der Waals surface area contributed by atoms with Crippen LogP contribution in [0.5, 0.6) is 0 Å². The summed E-state index contributed by atoms with van der Waals surface area (Å²) in [6, 6.07) is 6.43. The molecule has 0 amide bonds. The summed E-state index contributed by atoms with van der Waals surface area (Å²) in [5.74, 6) is 0. The minimum Gasteiger partial charge on any atom is -0.337 e. The normalized spacial score (nSPS) is 11.8. The first-order valence-corrected chi connectivity index (χ1v) is 7.37. The third-order valence-electron chi connectivity index (χ3n) is 2.96. The van der Waals surface area contributed by atoms with E-state index in [0.717, 1.165) is 10.5 Å². The van der Waals surface area contributed by atoms with Gasteiger partial charge in [0.1, 0.15) is 0 Å². The van der Waals surface area contributed by atoms with E-state index in [-0.39, 0.29) is 5.41 Å². The molecular formula is C14H17IN2S. The van der Waals surface area contributed by atoms with Gasteiger partial charge in [-0.3, -0.25) is 4.57 Å². The first-order chi connectivity index (χ1) is 8.30. The van der Waals surface area contributed by atoms with E-state index in [1.807, 2.05) is 6.20 Å². The van der Waals surface area contributed by atoms with Gasteiger partial charge in [0.2, 0.25) is 0 Å². The fourth-order valence-corrected chi connectivity index (χ4v) is 2.66. The number of halogens is 1. The van der Waals surface area contributed by atoms with Crippen molar-refractivity contribution >= 4 is 34.8 Å². The van der Waals surface area contributed by atoms with Gasteiger partial charge in [-0.25, -0.2) is 0 Å². The van der Waals surface area contributed by atoms with Crippen molar-refractivity contribution < 1.29 is 0 Å². The number of hydrogen-bond acceptors (Lipinski definition) is 1. The van der Waals surface area contributed by atoms with Crippen LogP contribution in [0.2, 0.25) is 0 Å². The van der Waals surface area contributed by atoms with Gasteiger partial charge in [-0.2, -0.15) is 0 Å². The maximum atomic E-state index is 5.40. The zero-order chi connectivity index (χ0) is 13.5. The van der Waals surface area contributed by atoms with Gasteiger partial charge in [0.15, 0.2) is 4.77 Å². The Labute approximate surface area is 127 Å². The zero-order valence-electron chi connectivity index (χ0n) is 11.0. The average Bonchev–Trinajstić information content (AvgIpc) is 2.64. The van der Waals surface area contributed by atoms with Crippen LogP contribution in [0.1, 0.15) is 32.0 Å². The molecule has 18 heavy (non-hydrogen) atoms. The van der Waals surface area contributed by atoms with E-state index in [4.69, 9.17) is 12.2 Å². The molecular weight excluding hydrogens is 355 g/mol. The number of rotatable bonds is 1. The molecule has 4 heteroatoms. The standard InChI is InChI=1S/C14H17IN2S/c1-9-5-6-10(7-11(9)15)17-12(14(2,3)4)8-16-13(17)18/h5-8H,1-4H3,(H,16,18). The van der Waals surface area contributed by atoms with Crippen LogP contribution in [0, 0.1) is 15.3 Å². The molecule has 0 saturated carbocycles. The summed E-state index contributed by atoms with van der Waals surface area (Å²) in [4.78, 5) is 3.15. The van der Waals surface area contributed by atoms with E-state index < -0.39 is 0 Å². The zero-order valence-corrected chi connectivity index (χ0v) is 14.0. The van der Waals surface area contributed by atoms with Crippen molar-refractivity contribution in [2.24, 2.45) is 0 Å². The van der Waals surface area contributed by atoms with E-state index in [1.54, 1.807) is 0 Å². The van der Waals surface area contributed by atoms with Crippen LogP contribution in [-0.4, -0.2) is 9.55 Å². The Kier molecular flexibility index (Phi) is 3.69. The van der Waals surface area contributed by atoms with E-state index in [1.165, 1.54) is 14.8 Å². The summed E-state index contributed by atoms with van der Waals surface area (Å²) in [5.41, 5.74) is 3.68. The Bertz CT molecular complexity index is 632. The van der Waals surface area contributed by atoms with Crippen LogP contribution < -0.4 is 0 Å². The largest absolute Gasteiger partial charge is 0.337 e. The van der Waals surface area contributed by atoms with E-state index in [0.29, 0.717) is 0 Å². The second kappa shape index (κ2) is 4.81. The molecule has 0 atom stereocenters. The van der Waals surface area contributed by atoms with Gasteiger partial charge in [-0.05, 0) is 59.4 Å². The molecule has 0 saturated heterocycles. The Morgan fingerprint density at radius 2 is 1.94 bits per heavy atom. The number of nitrogens with zero attached hydrogens (tertiary/aromatic N) is 1. The number of hydrogen-bond donors (Lipinski definition) is 1. The molecule has 1 aromatic heterocycles. The van der Waals surface area contributed by atoms with Gasteiger partial charge < -0.3 is 4.98 Å². The summed E-state index contributed by atoms with van der Waals surface area (Å²) in [6.07, 6.45) is 2.01. The minimum absolute atomic E-state index is 0.0594. The number of aryl methyl sites for hydroxylation is 1. The lowest BCUT2D eigenvalue weighted by Gasteiger charge is -2.21. The average molecular weight is 372 g/mol. The van der Waals surface area contributed by atoms with Crippen molar-refractivity contribution in [2.45, 2.75) is 33.1 Å². The Hall–Kier alpha value is -0.620. The molecule has 0 aliphatic carbocycles. The van der Waals surface area contributed by atoms with E-state index in [2.05, 4.69) is 78.0 Å². The molecule has 0 radical (unpaired) electrons. The molecule has 2 nitrogen and oxygen atoms in total. The highest BCUT2D eigenvalue weighted by Gasteiger charge is 2.20. The van der Waals surface area contributed by atoms with Crippen molar-refractivity contribution in [3.8, 4) is 5.69 Å². The van der Waals surface area contributed by atoms with E-state index >= 15 is 0 Å². The number of imidazole rings is 1. The lowest BCUT2D eigenvalue weighted by molar-refractivity contribution is 0.555. The second-order valence-electron chi connectivity index (χ2n) is 5.50. The predicted molar refractivity (Wildman–Crippen MR) is 87.1 cm³/mol. The van der Waals surface area contributed by atoms with Gasteiger partial charge in [-0.1, -0.05) is 26.8 Å². The highest BCUT2D eigenvalue weighted by atomic mass is 127. The number of aromatic nitrogens is 2. The highest BCUT2D eigenvalue weighted by molar-refractivity contribution is 14.1. The van der Waals surface area contributed by atoms with Crippen LogP contribution in [0.25, 0.3) is 5.69 Å². The molecule has 1 aromatic carbocycles. The van der Waals surface area contributed by atoms with Crippen LogP contribution in [0.15, 0.2) is 24.4 Å². The molecule has 1 heterocycles. The third-order valence-corrected chi connectivity index (χ3v) is 4.42. The quantitative estimate of drug-likeness (QED) is 0.566. The predicted octanol–water partition coefficient (Wildman–Crippen LogP) is 4.75. The summed E-state index contributed by atoms with van der Waals surface area (Å²) in [6.45, 7) is 8.70. The molecule has 1 N–H and O–H groups in total. The minimum atomic E-state index is 0.0594. The van der Waals surface area contributed by atoms with Gasteiger partial charge >= 0.3 is 0 Å². The van der Waals surface area contributed by atoms with Gasteiger partial charge in [0.25, 0.3) is 0 Å². The molecule has 2 rings (SSSR count). The Balaban J connectivity index is 2.67. The molecule has 0 aliphatic heterocycles. The first kappa shape index (κ1) is 13.8. The lowest BCUT2D eigenvalue weighted by atomic mass is 9.92. The van der Waals surface area contributed by atoms with E-state index in [9.17, 15) is 0 Å². The number of aromatic amines is 1. The summed E-state index contributed by atoms with van der Waals surface area (Å²) >= 11 is 7.77. The van der Waals surface area contributed by atoms with Crippen molar-refractivity contribution in [3.05, 3.63) is 44.0 Å². The molecule has 0 fully saturated rings. The molecule has 0 unspecified atom stereocenters. The molecule has 2 aromatic rings. The van der Waals surface area contributed by atoms with Crippen LogP contribution >= 0.6 is 34.8 Å².